The third-order valence-electron chi connectivity index (χ3n) is 5.57. The van der Waals surface area contributed by atoms with Gasteiger partial charge in [0.1, 0.15) is 11.8 Å². The average molecular weight is 521 g/mol. The van der Waals surface area contributed by atoms with Crippen LogP contribution in [0.2, 0.25) is 0 Å². The number of nitrogens with zero attached hydrogens (tertiary/aromatic N) is 2. The summed E-state index contributed by atoms with van der Waals surface area (Å²) in [6.45, 7) is 0. The van der Waals surface area contributed by atoms with Crippen LogP contribution in [0.1, 0.15) is 5.56 Å². The molecule has 0 aliphatic heterocycles. The fraction of sp³-hybridized carbons (Fsp3) is 0.103. The Bertz CT molecular complexity index is 1260. The number of aromatic amines is 1. The standard InChI is InChI=1S/C24H22N3O3.C5H5.Fe/c1-30-24(29)22(15-17-11-13-20(28)14-12-17)27(19-9-5-6-10-19)23-21(16-25-26-23)18-7-3-2-4-8-18;1-2-4-5-3-1;/h2-14,16,22,28H,15H2,1H3,(H,25,26);1-5H;/q2*-1;+2/t22-;;/m0../s1. The predicted octanol–water partition coefficient (Wildman–Crippen LogP) is 5.83. The maximum atomic E-state index is 12.9. The van der Waals surface area contributed by atoms with Crippen molar-refractivity contribution in [3.63, 3.8) is 0 Å². The molecule has 0 radical (unpaired) electrons. The van der Waals surface area contributed by atoms with Gasteiger partial charge in [0.05, 0.1) is 12.9 Å². The van der Waals surface area contributed by atoms with E-state index in [0.29, 0.717) is 12.2 Å². The number of hydrogen-bond acceptors (Lipinski definition) is 5. The second kappa shape index (κ2) is 13.1. The molecular weight excluding hydrogens is 494 g/mol. The Morgan fingerprint density at radius 2 is 1.69 bits per heavy atom. The van der Waals surface area contributed by atoms with Gasteiger partial charge < -0.3 is 19.8 Å². The van der Waals surface area contributed by atoms with E-state index in [4.69, 9.17) is 4.74 Å². The maximum Gasteiger partial charge on any atom is 2.00 e. The Balaban J connectivity index is 0.000000538. The van der Waals surface area contributed by atoms with E-state index < -0.39 is 6.04 Å². The first-order valence-corrected chi connectivity index (χ1v) is 11.3. The Hall–Kier alpha value is -4.06. The molecule has 184 valence electrons. The molecule has 1 heterocycles. The van der Waals surface area contributed by atoms with Crippen molar-refractivity contribution < 1.29 is 31.7 Å². The summed E-state index contributed by atoms with van der Waals surface area (Å²) in [7, 11) is 1.39. The van der Waals surface area contributed by atoms with Gasteiger partial charge in [-0.05, 0) is 28.9 Å². The van der Waals surface area contributed by atoms with Gasteiger partial charge in [-0.2, -0.15) is 35.4 Å². The molecule has 36 heavy (non-hydrogen) atoms. The molecule has 5 aromatic rings. The molecule has 0 aliphatic carbocycles. The largest absolute Gasteiger partial charge is 2.00 e. The molecule has 2 N–H and O–H groups in total. The topological polar surface area (TPSA) is 78.5 Å². The first kappa shape index (κ1) is 26.5. The molecule has 0 aliphatic rings. The molecular formula is C29H27FeN3O3. The minimum atomic E-state index is -0.634. The third kappa shape index (κ3) is 6.54. The van der Waals surface area contributed by atoms with Gasteiger partial charge >= 0.3 is 23.0 Å². The van der Waals surface area contributed by atoms with Crippen molar-refractivity contribution in [2.24, 2.45) is 0 Å². The molecule has 6 nitrogen and oxygen atoms in total. The number of phenolic OH excluding ortho intramolecular Hbond substituents is 1. The summed E-state index contributed by atoms with van der Waals surface area (Å²) in [4.78, 5) is 14.8. The number of esters is 1. The van der Waals surface area contributed by atoms with E-state index >= 15 is 0 Å². The third-order valence-corrected chi connectivity index (χ3v) is 5.57. The van der Waals surface area contributed by atoms with Gasteiger partial charge in [-0.3, -0.25) is 0 Å². The number of carbonyl (C=O) groups is 1. The van der Waals surface area contributed by atoms with Gasteiger partial charge in [0, 0.05) is 18.2 Å². The van der Waals surface area contributed by atoms with E-state index in [0.717, 1.165) is 22.4 Å². The summed E-state index contributed by atoms with van der Waals surface area (Å²) in [5.41, 5.74) is 3.63. The van der Waals surface area contributed by atoms with Crippen LogP contribution in [0.25, 0.3) is 11.1 Å². The number of phenols is 1. The van der Waals surface area contributed by atoms with Crippen molar-refractivity contribution in [3.8, 4) is 16.9 Å². The minimum absolute atomic E-state index is 0. The van der Waals surface area contributed by atoms with Crippen LogP contribution >= 0.6 is 0 Å². The summed E-state index contributed by atoms with van der Waals surface area (Å²) >= 11 is 0. The summed E-state index contributed by atoms with van der Waals surface area (Å²) in [6.07, 6.45) is 2.15. The Kier molecular flexibility index (Phi) is 9.69. The number of aromatic hydroxyl groups is 1. The molecule has 0 saturated heterocycles. The van der Waals surface area contributed by atoms with Crippen LogP contribution in [0.3, 0.4) is 0 Å². The summed E-state index contributed by atoms with van der Waals surface area (Å²) in [6, 6.07) is 33.8. The molecule has 7 heteroatoms. The molecule has 0 saturated carbocycles. The molecule has 0 bridgehead atoms. The zero-order chi connectivity index (χ0) is 24.5. The quantitative estimate of drug-likeness (QED) is 0.160. The number of aromatic nitrogens is 2. The van der Waals surface area contributed by atoms with Crippen LogP contribution in [-0.4, -0.2) is 34.4 Å². The SMILES string of the molecule is COC(=O)[C@H](Cc1ccc(O)cc1)N(c1[nH]ncc1-c1ccccc1)[c-]1cccc1.[Fe+2].c1cc[cH-]c1. The van der Waals surface area contributed by atoms with E-state index in [2.05, 4.69) is 10.2 Å². The Morgan fingerprint density at radius 3 is 2.28 bits per heavy atom. The van der Waals surface area contributed by atoms with E-state index in [1.165, 1.54) is 7.11 Å². The number of rotatable bonds is 7. The van der Waals surface area contributed by atoms with Crippen molar-refractivity contribution >= 4 is 17.5 Å². The number of nitrogens with one attached hydrogen (secondary N) is 1. The van der Waals surface area contributed by atoms with Gasteiger partial charge in [0.15, 0.2) is 0 Å². The number of anilines is 2. The van der Waals surface area contributed by atoms with Crippen molar-refractivity contribution in [2.45, 2.75) is 12.5 Å². The van der Waals surface area contributed by atoms with E-state index in [-0.39, 0.29) is 28.8 Å². The van der Waals surface area contributed by atoms with Gasteiger partial charge in [-0.1, -0.05) is 42.5 Å². The summed E-state index contributed by atoms with van der Waals surface area (Å²) in [5, 5.41) is 16.9. The molecule has 1 atom stereocenters. The van der Waals surface area contributed by atoms with Gasteiger partial charge in [-0.25, -0.2) is 16.9 Å². The normalized spacial score (nSPS) is 10.9. The van der Waals surface area contributed by atoms with Crippen molar-refractivity contribution in [1.29, 1.82) is 0 Å². The van der Waals surface area contributed by atoms with E-state index in [1.54, 1.807) is 30.5 Å². The number of hydrogen-bond donors (Lipinski definition) is 2. The first-order valence-electron chi connectivity index (χ1n) is 11.3. The van der Waals surface area contributed by atoms with Gasteiger partial charge in [0.25, 0.3) is 0 Å². The molecule has 4 aromatic carbocycles. The van der Waals surface area contributed by atoms with Crippen molar-refractivity contribution in [3.05, 3.63) is 121 Å². The number of carbonyl (C=O) groups excluding carboxylic acids is 1. The van der Waals surface area contributed by atoms with Crippen molar-refractivity contribution in [2.75, 3.05) is 12.0 Å². The van der Waals surface area contributed by atoms with Gasteiger partial charge in [-0.15, -0.1) is 12.1 Å². The molecule has 0 amide bonds. The van der Waals surface area contributed by atoms with E-state index in [1.807, 2.05) is 89.8 Å². The van der Waals surface area contributed by atoms with E-state index in [9.17, 15) is 9.90 Å². The van der Waals surface area contributed by atoms with Crippen LogP contribution in [0.15, 0.2) is 115 Å². The number of methoxy groups -OCH3 is 1. The molecule has 0 unspecified atom stereocenters. The molecule has 0 spiro atoms. The summed E-state index contributed by atoms with van der Waals surface area (Å²) in [5.74, 6) is 0.528. The van der Waals surface area contributed by atoms with Gasteiger partial charge in [0.2, 0.25) is 0 Å². The number of H-pyrrole nitrogens is 1. The second-order valence-electron chi connectivity index (χ2n) is 7.88. The Labute approximate surface area is 221 Å². The monoisotopic (exact) mass is 521 g/mol. The van der Waals surface area contributed by atoms with Crippen LogP contribution < -0.4 is 4.90 Å². The average Bonchev–Trinajstić information content (AvgIpc) is 3.70. The van der Waals surface area contributed by atoms with Crippen LogP contribution in [-0.2, 0) is 33.0 Å². The van der Waals surface area contributed by atoms with Crippen LogP contribution in [0.5, 0.6) is 5.75 Å². The van der Waals surface area contributed by atoms with Crippen LogP contribution in [0, 0.1) is 0 Å². The summed E-state index contributed by atoms with van der Waals surface area (Å²) < 4.78 is 5.17. The second-order valence-corrected chi connectivity index (χ2v) is 7.88. The molecule has 5 rings (SSSR count). The maximum absolute atomic E-state index is 12.9. The van der Waals surface area contributed by atoms with Crippen molar-refractivity contribution in [1.82, 2.24) is 10.2 Å². The number of benzene rings is 2. The zero-order valence-corrected chi connectivity index (χ0v) is 20.9. The van der Waals surface area contributed by atoms with Crippen LogP contribution in [0.4, 0.5) is 11.5 Å². The number of ether oxygens (including phenoxy) is 1. The minimum Gasteiger partial charge on any atom is -0.508 e. The fourth-order valence-electron chi connectivity index (χ4n) is 3.87. The first-order chi connectivity index (χ1) is 17.2. The zero-order valence-electron chi connectivity index (χ0n) is 19.8. The molecule has 1 aromatic heterocycles. The predicted molar refractivity (Wildman–Crippen MR) is 138 cm³/mol. The Morgan fingerprint density at radius 1 is 1.03 bits per heavy atom. The fourth-order valence-corrected chi connectivity index (χ4v) is 3.87. The smallest absolute Gasteiger partial charge is 0.508 e. The molecule has 0 fully saturated rings.